The average Bonchev–Trinajstić information content (AvgIpc) is 2.70. The van der Waals surface area contributed by atoms with Gasteiger partial charge in [0.25, 0.3) is 0 Å². The molecule has 0 saturated heterocycles. The summed E-state index contributed by atoms with van der Waals surface area (Å²) >= 11 is 1.44. The van der Waals surface area contributed by atoms with Crippen molar-refractivity contribution < 1.29 is 4.39 Å². The van der Waals surface area contributed by atoms with Crippen LogP contribution in [0.3, 0.4) is 0 Å². The Kier molecular flexibility index (Phi) is 2.69. The summed E-state index contributed by atoms with van der Waals surface area (Å²) in [5, 5.41) is 3.12. The van der Waals surface area contributed by atoms with Gasteiger partial charge >= 0.3 is 0 Å². The van der Waals surface area contributed by atoms with Gasteiger partial charge in [-0.15, -0.1) is 0 Å². The van der Waals surface area contributed by atoms with Crippen molar-refractivity contribution in [3.8, 4) is 0 Å². The van der Waals surface area contributed by atoms with Crippen molar-refractivity contribution in [1.29, 1.82) is 0 Å². The highest BCUT2D eigenvalue weighted by Gasteiger charge is 1.96. The molecule has 2 aromatic heterocycles. The van der Waals surface area contributed by atoms with Gasteiger partial charge in [-0.3, -0.25) is 0 Å². The number of rotatable bonds is 3. The van der Waals surface area contributed by atoms with Crippen molar-refractivity contribution in [3.05, 3.63) is 41.4 Å². The second kappa shape index (κ2) is 4.15. The zero-order valence-corrected chi connectivity index (χ0v) is 8.09. The van der Waals surface area contributed by atoms with Crippen LogP contribution in [0.1, 0.15) is 4.88 Å². The highest BCUT2D eigenvalue weighted by atomic mass is 32.1. The predicted octanol–water partition coefficient (Wildman–Crippen LogP) is 2.29. The fourth-order valence-corrected chi connectivity index (χ4v) is 1.52. The van der Waals surface area contributed by atoms with Crippen molar-refractivity contribution in [2.75, 3.05) is 5.32 Å². The van der Waals surface area contributed by atoms with Crippen LogP contribution in [0.2, 0.25) is 0 Å². The van der Waals surface area contributed by atoms with E-state index in [9.17, 15) is 4.39 Å². The SMILES string of the molecule is Fc1ccc(NCc2ccns2)cn1. The lowest BCUT2D eigenvalue weighted by Gasteiger charge is -2.02. The largest absolute Gasteiger partial charge is 0.379 e. The lowest BCUT2D eigenvalue weighted by molar-refractivity contribution is 0.584. The zero-order chi connectivity index (χ0) is 9.80. The molecular weight excluding hydrogens is 201 g/mol. The molecule has 0 unspecified atom stereocenters. The van der Waals surface area contributed by atoms with E-state index >= 15 is 0 Å². The molecule has 0 bridgehead atoms. The summed E-state index contributed by atoms with van der Waals surface area (Å²) in [6, 6.07) is 4.92. The Morgan fingerprint density at radius 3 is 2.93 bits per heavy atom. The van der Waals surface area contributed by atoms with Gasteiger partial charge in [0.2, 0.25) is 5.95 Å². The quantitative estimate of drug-likeness (QED) is 0.788. The van der Waals surface area contributed by atoms with E-state index in [4.69, 9.17) is 0 Å². The standard InChI is InChI=1S/C9H8FN3S/c10-9-2-1-7(5-12-9)11-6-8-3-4-13-14-8/h1-5,11H,6H2. The lowest BCUT2D eigenvalue weighted by Crippen LogP contribution is -1.97. The molecule has 5 heteroatoms. The fraction of sp³-hybridized carbons (Fsp3) is 0.111. The first-order valence-corrected chi connectivity index (χ1v) is 4.87. The van der Waals surface area contributed by atoms with E-state index < -0.39 is 5.95 Å². The van der Waals surface area contributed by atoms with Crippen LogP contribution >= 0.6 is 11.5 Å². The third kappa shape index (κ3) is 2.26. The first kappa shape index (κ1) is 9.08. The summed E-state index contributed by atoms with van der Waals surface area (Å²) in [6.45, 7) is 0.692. The maximum absolute atomic E-state index is 12.5. The molecule has 2 heterocycles. The van der Waals surface area contributed by atoms with Crippen LogP contribution in [0.4, 0.5) is 10.1 Å². The van der Waals surface area contributed by atoms with E-state index in [1.807, 2.05) is 6.07 Å². The van der Waals surface area contributed by atoms with Gasteiger partial charge in [-0.25, -0.2) is 9.36 Å². The van der Waals surface area contributed by atoms with Gasteiger partial charge in [0.15, 0.2) is 0 Å². The molecule has 0 radical (unpaired) electrons. The van der Waals surface area contributed by atoms with E-state index in [2.05, 4.69) is 14.7 Å². The van der Waals surface area contributed by atoms with Gasteiger partial charge in [-0.05, 0) is 29.7 Å². The summed E-state index contributed by atoms with van der Waals surface area (Å²) in [4.78, 5) is 4.67. The van der Waals surface area contributed by atoms with Crippen LogP contribution in [0, 0.1) is 5.95 Å². The molecule has 0 aliphatic carbocycles. The van der Waals surface area contributed by atoms with E-state index in [1.165, 1.54) is 23.8 Å². The minimum absolute atomic E-state index is 0.464. The van der Waals surface area contributed by atoms with Crippen LogP contribution in [0.25, 0.3) is 0 Å². The van der Waals surface area contributed by atoms with E-state index in [0.29, 0.717) is 6.54 Å². The highest BCUT2D eigenvalue weighted by Crippen LogP contribution is 2.10. The molecule has 14 heavy (non-hydrogen) atoms. The van der Waals surface area contributed by atoms with Crippen molar-refractivity contribution in [3.63, 3.8) is 0 Å². The lowest BCUT2D eigenvalue weighted by atomic mass is 10.4. The topological polar surface area (TPSA) is 37.8 Å². The van der Waals surface area contributed by atoms with Gasteiger partial charge in [0.05, 0.1) is 18.4 Å². The van der Waals surface area contributed by atoms with Gasteiger partial charge in [0, 0.05) is 11.1 Å². The number of nitrogens with one attached hydrogen (secondary N) is 1. The molecule has 72 valence electrons. The molecular formula is C9H8FN3S. The maximum Gasteiger partial charge on any atom is 0.212 e. The molecule has 0 amide bonds. The third-order valence-electron chi connectivity index (χ3n) is 1.69. The normalized spacial score (nSPS) is 10.1. The summed E-state index contributed by atoms with van der Waals surface area (Å²) in [5.74, 6) is -0.464. The van der Waals surface area contributed by atoms with Gasteiger partial charge in [-0.2, -0.15) is 4.39 Å². The molecule has 0 atom stereocenters. The number of pyridine rings is 1. The van der Waals surface area contributed by atoms with Crippen molar-refractivity contribution in [2.24, 2.45) is 0 Å². The summed E-state index contributed by atoms with van der Waals surface area (Å²) in [5.41, 5.74) is 0.805. The Bertz CT molecular complexity index is 385. The Morgan fingerprint density at radius 2 is 2.29 bits per heavy atom. The molecule has 1 N–H and O–H groups in total. The molecule has 0 fully saturated rings. The van der Waals surface area contributed by atoms with Crippen LogP contribution < -0.4 is 5.32 Å². The van der Waals surface area contributed by atoms with E-state index in [-0.39, 0.29) is 0 Å². The van der Waals surface area contributed by atoms with Crippen LogP contribution in [-0.2, 0) is 6.54 Å². The highest BCUT2D eigenvalue weighted by molar-refractivity contribution is 7.05. The minimum atomic E-state index is -0.464. The molecule has 0 saturated carbocycles. The van der Waals surface area contributed by atoms with Gasteiger partial charge in [-0.1, -0.05) is 0 Å². The van der Waals surface area contributed by atoms with Crippen LogP contribution in [0.15, 0.2) is 30.6 Å². The minimum Gasteiger partial charge on any atom is -0.379 e. The molecule has 2 rings (SSSR count). The van der Waals surface area contributed by atoms with E-state index in [0.717, 1.165) is 10.6 Å². The smallest absolute Gasteiger partial charge is 0.212 e. The number of anilines is 1. The molecule has 0 spiro atoms. The first-order valence-electron chi connectivity index (χ1n) is 4.09. The summed E-state index contributed by atoms with van der Waals surface area (Å²) in [6.07, 6.45) is 3.22. The second-order valence-corrected chi connectivity index (χ2v) is 3.62. The molecule has 0 aliphatic heterocycles. The van der Waals surface area contributed by atoms with Crippen LogP contribution in [-0.4, -0.2) is 9.36 Å². The molecule has 0 aliphatic rings. The van der Waals surface area contributed by atoms with Crippen molar-refractivity contribution >= 4 is 17.2 Å². The number of halogens is 1. The Labute approximate surface area is 84.8 Å². The van der Waals surface area contributed by atoms with Crippen molar-refractivity contribution in [1.82, 2.24) is 9.36 Å². The average molecular weight is 209 g/mol. The number of hydrogen-bond acceptors (Lipinski definition) is 4. The first-order chi connectivity index (χ1) is 6.84. The van der Waals surface area contributed by atoms with Crippen LogP contribution in [0.5, 0.6) is 0 Å². The monoisotopic (exact) mass is 209 g/mol. The number of aromatic nitrogens is 2. The fourth-order valence-electron chi connectivity index (χ4n) is 1.00. The van der Waals surface area contributed by atoms with Gasteiger partial charge in [0.1, 0.15) is 0 Å². The molecule has 0 aromatic carbocycles. The third-order valence-corrected chi connectivity index (χ3v) is 2.43. The van der Waals surface area contributed by atoms with E-state index in [1.54, 1.807) is 12.3 Å². The number of hydrogen-bond donors (Lipinski definition) is 1. The van der Waals surface area contributed by atoms with Crippen molar-refractivity contribution in [2.45, 2.75) is 6.54 Å². The Morgan fingerprint density at radius 1 is 1.36 bits per heavy atom. The van der Waals surface area contributed by atoms with Gasteiger partial charge < -0.3 is 5.32 Å². The zero-order valence-electron chi connectivity index (χ0n) is 7.27. The Balaban J connectivity index is 1.95. The molecule has 3 nitrogen and oxygen atoms in total. The number of nitrogens with zero attached hydrogens (tertiary/aromatic N) is 2. The molecule has 2 aromatic rings. The maximum atomic E-state index is 12.5. The Hall–Kier alpha value is -1.49. The predicted molar refractivity (Wildman–Crippen MR) is 53.6 cm³/mol. The second-order valence-electron chi connectivity index (χ2n) is 2.70. The summed E-state index contributed by atoms with van der Waals surface area (Å²) < 4.78 is 16.4. The summed E-state index contributed by atoms with van der Waals surface area (Å²) in [7, 11) is 0.